The van der Waals surface area contributed by atoms with Gasteiger partial charge in [-0.15, -0.1) is 0 Å². The van der Waals surface area contributed by atoms with Gasteiger partial charge in [0.25, 0.3) is 0 Å². The van der Waals surface area contributed by atoms with Gasteiger partial charge in [0.1, 0.15) is 17.3 Å². The molecule has 0 amide bonds. The number of aromatic nitrogens is 2. The van der Waals surface area contributed by atoms with Crippen molar-refractivity contribution in [1.82, 2.24) is 9.97 Å². The smallest absolute Gasteiger partial charge is 0.316 e. The Labute approximate surface area is 111 Å². The number of imidazole rings is 1. The number of H-pyrrole nitrogens is 1. The maximum Gasteiger partial charge on any atom is 0.316 e. The highest BCUT2D eigenvalue weighted by atomic mass is 19.1. The van der Waals surface area contributed by atoms with Crippen molar-refractivity contribution in [3.8, 4) is 0 Å². The molecule has 2 rings (SSSR count). The molecule has 1 atom stereocenters. The van der Waals surface area contributed by atoms with Crippen LogP contribution in [0.3, 0.4) is 0 Å². The molecule has 0 fully saturated rings. The molecule has 1 N–H and O–H groups in total. The third-order valence-corrected chi connectivity index (χ3v) is 2.96. The summed E-state index contributed by atoms with van der Waals surface area (Å²) in [5.74, 6) is -0.694. The number of aromatic amines is 1. The summed E-state index contributed by atoms with van der Waals surface area (Å²) < 4.78 is 18.6. The first-order valence-corrected chi connectivity index (χ1v) is 6.48. The second-order valence-electron chi connectivity index (χ2n) is 4.35. The topological polar surface area (TPSA) is 55.0 Å². The van der Waals surface area contributed by atoms with Gasteiger partial charge < -0.3 is 9.72 Å². The highest BCUT2D eigenvalue weighted by Gasteiger charge is 2.24. The Morgan fingerprint density at radius 2 is 2.26 bits per heavy atom. The largest absolute Gasteiger partial charge is 0.465 e. The molecule has 0 saturated heterocycles. The summed E-state index contributed by atoms with van der Waals surface area (Å²) in [6.45, 7) is 4.07. The molecule has 19 heavy (non-hydrogen) atoms. The molecular weight excluding hydrogens is 247 g/mol. The molecule has 0 aliphatic rings. The van der Waals surface area contributed by atoms with Crippen LogP contribution < -0.4 is 0 Å². The van der Waals surface area contributed by atoms with E-state index in [2.05, 4.69) is 9.97 Å². The summed E-state index contributed by atoms with van der Waals surface area (Å²) in [5, 5.41) is 0. The van der Waals surface area contributed by atoms with Crippen molar-refractivity contribution in [3.05, 3.63) is 29.8 Å². The van der Waals surface area contributed by atoms with Crippen LogP contribution in [0.5, 0.6) is 0 Å². The number of carbonyl (C=O) groups excluding carboxylic acids is 1. The second-order valence-corrected chi connectivity index (χ2v) is 4.35. The van der Waals surface area contributed by atoms with Crippen molar-refractivity contribution < 1.29 is 13.9 Å². The van der Waals surface area contributed by atoms with E-state index in [4.69, 9.17) is 4.74 Å². The quantitative estimate of drug-likeness (QED) is 0.844. The summed E-state index contributed by atoms with van der Waals surface area (Å²) in [7, 11) is 0. The Kier molecular flexibility index (Phi) is 4.14. The van der Waals surface area contributed by atoms with E-state index in [-0.39, 0.29) is 17.3 Å². The van der Waals surface area contributed by atoms with Crippen LogP contribution in [0.1, 0.15) is 38.4 Å². The van der Waals surface area contributed by atoms with E-state index >= 15 is 0 Å². The van der Waals surface area contributed by atoms with Crippen molar-refractivity contribution in [2.45, 2.75) is 32.6 Å². The Morgan fingerprint density at radius 3 is 2.89 bits per heavy atom. The van der Waals surface area contributed by atoms with E-state index < -0.39 is 5.92 Å². The molecule has 0 aliphatic heterocycles. The number of para-hydroxylation sites is 1. The molecule has 2 aromatic rings. The average molecular weight is 264 g/mol. The Bertz CT molecular complexity index is 580. The normalized spacial score (nSPS) is 12.6. The van der Waals surface area contributed by atoms with E-state index in [1.165, 1.54) is 6.07 Å². The van der Waals surface area contributed by atoms with Crippen LogP contribution >= 0.6 is 0 Å². The lowest BCUT2D eigenvalue weighted by atomic mass is 10.0. The molecule has 1 aromatic heterocycles. The lowest BCUT2D eigenvalue weighted by Gasteiger charge is -2.11. The summed E-state index contributed by atoms with van der Waals surface area (Å²) in [6.07, 6.45) is 1.45. The maximum absolute atomic E-state index is 13.6. The number of nitrogens with zero attached hydrogens (tertiary/aromatic N) is 1. The zero-order valence-corrected chi connectivity index (χ0v) is 11.1. The molecule has 102 valence electrons. The third kappa shape index (κ3) is 2.75. The van der Waals surface area contributed by atoms with Crippen LogP contribution in [0.4, 0.5) is 4.39 Å². The fraction of sp³-hybridized carbons (Fsp3) is 0.429. The van der Waals surface area contributed by atoms with Gasteiger partial charge in [-0.1, -0.05) is 19.4 Å². The fourth-order valence-electron chi connectivity index (χ4n) is 2.08. The van der Waals surface area contributed by atoms with Gasteiger partial charge in [-0.05, 0) is 25.5 Å². The van der Waals surface area contributed by atoms with Crippen molar-refractivity contribution in [1.29, 1.82) is 0 Å². The highest BCUT2D eigenvalue weighted by Crippen LogP contribution is 2.24. The Morgan fingerprint density at radius 1 is 1.47 bits per heavy atom. The SMILES string of the molecule is CCCC(C(=O)OCC)c1nc2c(F)cccc2[nH]1. The predicted molar refractivity (Wildman–Crippen MR) is 70.3 cm³/mol. The van der Waals surface area contributed by atoms with Gasteiger partial charge in [-0.2, -0.15) is 0 Å². The number of halogens is 1. The van der Waals surface area contributed by atoms with Crippen molar-refractivity contribution in [2.24, 2.45) is 0 Å². The van der Waals surface area contributed by atoms with Crippen LogP contribution in [0.25, 0.3) is 11.0 Å². The molecule has 1 heterocycles. The molecule has 5 heteroatoms. The predicted octanol–water partition coefficient (Wildman–Crippen LogP) is 3.15. The molecular formula is C14H17FN2O2. The highest BCUT2D eigenvalue weighted by molar-refractivity contribution is 5.80. The van der Waals surface area contributed by atoms with Gasteiger partial charge in [0.05, 0.1) is 12.1 Å². The molecule has 0 spiro atoms. The van der Waals surface area contributed by atoms with Crippen LogP contribution in [-0.2, 0) is 9.53 Å². The minimum Gasteiger partial charge on any atom is -0.465 e. The van der Waals surface area contributed by atoms with Gasteiger partial charge in [0.2, 0.25) is 0 Å². The molecule has 0 aliphatic carbocycles. The van der Waals surface area contributed by atoms with Crippen molar-refractivity contribution in [3.63, 3.8) is 0 Å². The molecule has 1 aromatic carbocycles. The minimum atomic E-state index is -0.461. The van der Waals surface area contributed by atoms with E-state index in [0.29, 0.717) is 24.4 Å². The molecule has 0 bridgehead atoms. The standard InChI is InChI=1S/C14H17FN2O2/c1-3-6-9(14(18)19-4-2)13-16-11-8-5-7-10(15)12(11)17-13/h5,7-9H,3-4,6H2,1-2H3,(H,16,17). The second kappa shape index (κ2) is 5.82. The number of hydrogen-bond donors (Lipinski definition) is 1. The van der Waals surface area contributed by atoms with Crippen LogP contribution in [0.15, 0.2) is 18.2 Å². The lowest BCUT2D eigenvalue weighted by molar-refractivity contribution is -0.145. The van der Waals surface area contributed by atoms with E-state index in [0.717, 1.165) is 6.42 Å². The number of hydrogen-bond acceptors (Lipinski definition) is 3. The van der Waals surface area contributed by atoms with Crippen LogP contribution in [-0.4, -0.2) is 22.5 Å². The minimum absolute atomic E-state index is 0.267. The van der Waals surface area contributed by atoms with E-state index in [9.17, 15) is 9.18 Å². The molecule has 0 saturated carbocycles. The number of benzene rings is 1. The number of nitrogens with one attached hydrogen (secondary N) is 1. The van der Waals surface area contributed by atoms with E-state index in [1.54, 1.807) is 19.1 Å². The fourth-order valence-corrected chi connectivity index (χ4v) is 2.08. The number of rotatable bonds is 5. The average Bonchev–Trinajstić information content (AvgIpc) is 2.81. The van der Waals surface area contributed by atoms with E-state index in [1.807, 2.05) is 6.92 Å². The van der Waals surface area contributed by atoms with Crippen LogP contribution in [0, 0.1) is 5.82 Å². The zero-order valence-electron chi connectivity index (χ0n) is 11.1. The van der Waals surface area contributed by atoms with Crippen molar-refractivity contribution >= 4 is 17.0 Å². The van der Waals surface area contributed by atoms with Crippen molar-refractivity contribution in [2.75, 3.05) is 6.61 Å². The summed E-state index contributed by atoms with van der Waals surface area (Å²) in [5.41, 5.74) is 0.864. The van der Waals surface area contributed by atoms with Gasteiger partial charge in [-0.3, -0.25) is 4.79 Å². The number of carbonyl (C=O) groups is 1. The summed E-state index contributed by atoms with van der Waals surface area (Å²) in [6, 6.07) is 4.70. The van der Waals surface area contributed by atoms with Gasteiger partial charge in [0, 0.05) is 0 Å². The first-order chi connectivity index (χ1) is 9.17. The third-order valence-electron chi connectivity index (χ3n) is 2.96. The van der Waals surface area contributed by atoms with Gasteiger partial charge in [-0.25, -0.2) is 9.37 Å². The van der Waals surface area contributed by atoms with Crippen LogP contribution in [0.2, 0.25) is 0 Å². The van der Waals surface area contributed by atoms with Gasteiger partial charge in [0.15, 0.2) is 5.82 Å². The molecule has 4 nitrogen and oxygen atoms in total. The number of ether oxygens (including phenoxy) is 1. The molecule has 1 unspecified atom stereocenters. The summed E-state index contributed by atoms with van der Waals surface area (Å²) in [4.78, 5) is 19.1. The summed E-state index contributed by atoms with van der Waals surface area (Å²) >= 11 is 0. The van der Waals surface area contributed by atoms with Gasteiger partial charge >= 0.3 is 5.97 Å². The first-order valence-electron chi connectivity index (χ1n) is 6.48. The Hall–Kier alpha value is -1.91. The maximum atomic E-state index is 13.6. The number of fused-ring (bicyclic) bond motifs is 1. The lowest BCUT2D eigenvalue weighted by Crippen LogP contribution is -2.17. The zero-order chi connectivity index (χ0) is 13.8. The number of esters is 1. The Balaban J connectivity index is 2.38. The first kappa shape index (κ1) is 13.5. The monoisotopic (exact) mass is 264 g/mol. The molecule has 0 radical (unpaired) electrons.